The average Bonchev–Trinajstić information content (AvgIpc) is 3.21. The molecule has 3 rings (SSSR count). The fourth-order valence-corrected chi connectivity index (χ4v) is 4.33. The van der Waals surface area contributed by atoms with Crippen LogP contribution in [0.25, 0.3) is 0 Å². The van der Waals surface area contributed by atoms with Crippen LogP contribution in [-0.4, -0.2) is 77.2 Å². The van der Waals surface area contributed by atoms with E-state index in [4.69, 9.17) is 26.8 Å². The average molecular weight is 465 g/mol. The van der Waals surface area contributed by atoms with Gasteiger partial charge in [-0.3, -0.25) is 9.88 Å². The second kappa shape index (κ2) is 10.8. The molecule has 0 spiro atoms. The lowest BCUT2D eigenvalue weighted by molar-refractivity contribution is -0.163. The van der Waals surface area contributed by atoms with Gasteiger partial charge >= 0.3 is 0 Å². The number of methoxy groups -OCH3 is 1. The molecule has 3 N–H and O–H groups in total. The quantitative estimate of drug-likeness (QED) is 0.556. The summed E-state index contributed by atoms with van der Waals surface area (Å²) in [6, 6.07) is 8.74. The molecule has 3 atom stereocenters. The highest BCUT2D eigenvalue weighted by atomic mass is 35.5. The lowest BCUT2D eigenvalue weighted by Crippen LogP contribution is -2.59. The van der Waals surface area contributed by atoms with E-state index in [2.05, 4.69) is 64.8 Å². The monoisotopic (exact) mass is 464 g/mol. The van der Waals surface area contributed by atoms with Crippen molar-refractivity contribution in [3.63, 3.8) is 0 Å². The van der Waals surface area contributed by atoms with E-state index in [0.29, 0.717) is 18.6 Å². The molecule has 178 valence electrons. The van der Waals surface area contributed by atoms with E-state index in [1.165, 1.54) is 5.56 Å². The van der Waals surface area contributed by atoms with Crippen LogP contribution in [0.1, 0.15) is 39.7 Å². The number of nitrogen functional groups attached to an aromatic ring is 1. The summed E-state index contributed by atoms with van der Waals surface area (Å²) in [5.74, 6) is 1.06. The highest BCUT2D eigenvalue weighted by Crippen LogP contribution is 2.27. The summed E-state index contributed by atoms with van der Waals surface area (Å²) in [4.78, 5) is 7.78. The van der Waals surface area contributed by atoms with E-state index >= 15 is 0 Å². The van der Waals surface area contributed by atoms with Crippen molar-refractivity contribution in [2.45, 2.75) is 64.3 Å². The second-order valence-corrected chi connectivity index (χ2v) is 9.50. The number of H-pyrrole nitrogens is 1. The summed E-state index contributed by atoms with van der Waals surface area (Å²) < 4.78 is 12.0. The van der Waals surface area contributed by atoms with Crippen LogP contribution in [-0.2, 0) is 15.9 Å². The van der Waals surface area contributed by atoms with Crippen LogP contribution in [0.2, 0.25) is 5.02 Å². The third-order valence-corrected chi connectivity index (χ3v) is 6.83. The molecule has 0 saturated carbocycles. The number of halogens is 1. The van der Waals surface area contributed by atoms with E-state index in [-0.39, 0.29) is 17.7 Å². The molecule has 1 fully saturated rings. The van der Waals surface area contributed by atoms with Gasteiger partial charge < -0.3 is 20.1 Å². The molecular weight excluding hydrogens is 428 g/mol. The van der Waals surface area contributed by atoms with Gasteiger partial charge in [0.15, 0.2) is 0 Å². The Labute approximate surface area is 196 Å². The van der Waals surface area contributed by atoms with Crippen molar-refractivity contribution < 1.29 is 9.47 Å². The molecule has 8 nitrogen and oxygen atoms in total. The molecule has 9 heteroatoms. The number of aromatic amines is 1. The van der Waals surface area contributed by atoms with Gasteiger partial charge in [-0.2, -0.15) is 0 Å². The molecular formula is C23H37ClN6O2. The third-order valence-electron chi connectivity index (χ3n) is 6.58. The van der Waals surface area contributed by atoms with Crippen LogP contribution in [0.4, 0.5) is 11.9 Å². The maximum absolute atomic E-state index is 6.30. The Morgan fingerprint density at radius 3 is 2.66 bits per heavy atom. The first-order valence-electron chi connectivity index (χ1n) is 11.3. The Morgan fingerprint density at radius 1 is 1.34 bits per heavy atom. The Morgan fingerprint density at radius 2 is 2.06 bits per heavy atom. The van der Waals surface area contributed by atoms with Crippen molar-refractivity contribution in [2.75, 3.05) is 44.0 Å². The number of ether oxygens (including phenoxy) is 2. The lowest BCUT2D eigenvalue weighted by Gasteiger charge is -2.47. The fraction of sp³-hybridized carbons (Fsp3) is 0.652. The molecule has 1 aliphatic heterocycles. The number of anilines is 2. The van der Waals surface area contributed by atoms with Gasteiger partial charge in [0.05, 0.1) is 18.3 Å². The number of nitrogens with zero attached hydrogens (tertiary/aromatic N) is 4. The van der Waals surface area contributed by atoms with Crippen LogP contribution >= 0.6 is 11.6 Å². The van der Waals surface area contributed by atoms with Crippen LogP contribution < -0.4 is 10.6 Å². The summed E-state index contributed by atoms with van der Waals surface area (Å²) in [5, 5.41) is 8.80. The van der Waals surface area contributed by atoms with Crippen molar-refractivity contribution in [1.82, 2.24) is 20.1 Å². The van der Waals surface area contributed by atoms with E-state index in [1.54, 1.807) is 7.11 Å². The number of nitrogens with one attached hydrogen (secondary N) is 1. The van der Waals surface area contributed by atoms with Crippen LogP contribution in [0.3, 0.4) is 0 Å². The van der Waals surface area contributed by atoms with Crippen molar-refractivity contribution in [3.8, 4) is 0 Å². The lowest BCUT2D eigenvalue weighted by atomic mass is 9.94. The maximum Gasteiger partial charge on any atom is 0.226 e. The van der Waals surface area contributed by atoms with Crippen molar-refractivity contribution in [2.24, 2.45) is 0 Å². The number of hydrogen-bond acceptors (Lipinski definition) is 7. The number of rotatable bonds is 10. The predicted octanol–water partition coefficient (Wildman–Crippen LogP) is 3.38. The first kappa shape index (κ1) is 24.8. The first-order chi connectivity index (χ1) is 15.2. The van der Waals surface area contributed by atoms with Crippen LogP contribution in [0.15, 0.2) is 24.3 Å². The molecule has 1 aromatic carbocycles. The molecule has 3 unspecified atom stereocenters. The van der Waals surface area contributed by atoms with Gasteiger partial charge in [-0.05, 0) is 58.2 Å². The van der Waals surface area contributed by atoms with Gasteiger partial charge in [0.2, 0.25) is 11.9 Å². The Kier molecular flexibility index (Phi) is 8.38. The normalized spacial score (nSPS) is 20.9. The largest absolute Gasteiger partial charge is 0.376 e. The van der Waals surface area contributed by atoms with Gasteiger partial charge in [-0.25, -0.2) is 0 Å². The van der Waals surface area contributed by atoms with E-state index < -0.39 is 0 Å². The Bertz CT molecular complexity index is 843. The molecule has 1 aromatic heterocycles. The second-order valence-electron chi connectivity index (χ2n) is 9.06. The van der Waals surface area contributed by atoms with Crippen molar-refractivity contribution in [3.05, 3.63) is 34.9 Å². The molecule has 0 bridgehead atoms. The molecule has 2 heterocycles. The van der Waals surface area contributed by atoms with E-state index in [9.17, 15) is 0 Å². The summed E-state index contributed by atoms with van der Waals surface area (Å²) >= 11 is 6.08. The molecule has 2 aromatic rings. The Balaban J connectivity index is 1.71. The van der Waals surface area contributed by atoms with E-state index in [1.807, 2.05) is 12.1 Å². The SMILES string of the molecule is CCN(CCC(C)N1CC(C(C)(C)OC)OCC1Cc1ccc(Cl)cc1)c1nnc(N)[nH]1. The van der Waals surface area contributed by atoms with Crippen molar-refractivity contribution >= 4 is 23.5 Å². The molecule has 0 aliphatic carbocycles. The van der Waals surface area contributed by atoms with Gasteiger partial charge in [0, 0.05) is 43.9 Å². The minimum Gasteiger partial charge on any atom is -0.376 e. The molecule has 32 heavy (non-hydrogen) atoms. The van der Waals surface area contributed by atoms with Crippen LogP contribution in [0, 0.1) is 0 Å². The first-order valence-corrected chi connectivity index (χ1v) is 11.7. The van der Waals surface area contributed by atoms with Crippen molar-refractivity contribution in [1.29, 1.82) is 0 Å². The summed E-state index contributed by atoms with van der Waals surface area (Å²) in [7, 11) is 1.75. The third kappa shape index (κ3) is 6.13. The zero-order valence-corrected chi connectivity index (χ0v) is 20.6. The minimum absolute atomic E-state index is 0.00719. The minimum atomic E-state index is -0.351. The summed E-state index contributed by atoms with van der Waals surface area (Å²) in [6.07, 6.45) is 1.90. The number of aromatic nitrogens is 3. The Hall–Kier alpha value is -1.87. The number of morpholine rings is 1. The zero-order valence-electron chi connectivity index (χ0n) is 19.8. The molecule has 1 saturated heterocycles. The smallest absolute Gasteiger partial charge is 0.226 e. The van der Waals surface area contributed by atoms with E-state index in [0.717, 1.165) is 43.4 Å². The van der Waals surface area contributed by atoms with Gasteiger partial charge in [-0.1, -0.05) is 23.7 Å². The molecule has 0 amide bonds. The number of hydrogen-bond donors (Lipinski definition) is 2. The standard InChI is InChI=1S/C23H37ClN6O2/c1-6-29(22-26-21(25)27-28-22)12-11-16(2)30-14-20(23(3,4)31-5)32-15-19(30)13-17-7-9-18(24)10-8-17/h7-10,16,19-20H,6,11-15H2,1-5H3,(H3,25,26,27,28). The highest BCUT2D eigenvalue weighted by molar-refractivity contribution is 6.30. The topological polar surface area (TPSA) is 92.5 Å². The van der Waals surface area contributed by atoms with Crippen LogP contribution in [0.5, 0.6) is 0 Å². The zero-order chi connectivity index (χ0) is 23.3. The van der Waals surface area contributed by atoms with Gasteiger partial charge in [0.1, 0.15) is 0 Å². The fourth-order valence-electron chi connectivity index (χ4n) is 4.21. The summed E-state index contributed by atoms with van der Waals surface area (Å²) in [5.41, 5.74) is 6.63. The molecule has 0 radical (unpaired) electrons. The van der Waals surface area contributed by atoms with Gasteiger partial charge in [-0.15, -0.1) is 10.2 Å². The maximum atomic E-state index is 6.30. The van der Waals surface area contributed by atoms with Gasteiger partial charge in [0.25, 0.3) is 0 Å². The predicted molar refractivity (Wildman–Crippen MR) is 129 cm³/mol. The molecule has 1 aliphatic rings. The number of nitrogens with two attached hydrogens (primary N) is 1. The summed E-state index contributed by atoms with van der Waals surface area (Å²) in [6.45, 7) is 11.8. The highest BCUT2D eigenvalue weighted by Gasteiger charge is 2.39. The number of benzene rings is 1.